The van der Waals surface area contributed by atoms with Crippen LogP contribution < -0.4 is 5.32 Å². The molecular weight excluding hydrogens is 306 g/mol. The molecule has 2 aromatic carbocycles. The molecule has 0 saturated heterocycles. The van der Waals surface area contributed by atoms with Gasteiger partial charge in [-0.1, -0.05) is 49.4 Å². The minimum Gasteiger partial charge on any atom is -0.350 e. The van der Waals surface area contributed by atoms with Gasteiger partial charge in [-0.05, 0) is 73.3 Å². The molecule has 1 aliphatic carbocycles. The van der Waals surface area contributed by atoms with Crippen molar-refractivity contribution in [2.24, 2.45) is 0 Å². The molecule has 0 radical (unpaired) electrons. The number of benzene rings is 2. The zero-order valence-corrected chi connectivity index (χ0v) is 15.5. The lowest BCUT2D eigenvalue weighted by Crippen LogP contribution is -2.27. The number of rotatable bonds is 6. The predicted molar refractivity (Wildman–Crippen MR) is 104 cm³/mol. The molecule has 2 aromatic rings. The molecular formula is C23H29NO. The van der Waals surface area contributed by atoms with E-state index in [1.54, 1.807) is 0 Å². The largest absolute Gasteiger partial charge is 0.350 e. The summed E-state index contributed by atoms with van der Waals surface area (Å²) in [5.74, 6) is 0.129. The zero-order chi connectivity index (χ0) is 17.6. The Morgan fingerprint density at radius 3 is 2.40 bits per heavy atom. The number of hydrogen-bond donors (Lipinski definition) is 1. The highest BCUT2D eigenvalue weighted by atomic mass is 16.1. The summed E-state index contributed by atoms with van der Waals surface area (Å²) in [7, 11) is 0. The maximum Gasteiger partial charge on any atom is 0.220 e. The second-order valence-corrected chi connectivity index (χ2v) is 7.19. The minimum atomic E-state index is 0.0715. The van der Waals surface area contributed by atoms with Crippen molar-refractivity contribution in [1.82, 2.24) is 5.32 Å². The van der Waals surface area contributed by atoms with E-state index in [1.165, 1.54) is 53.5 Å². The molecule has 1 N–H and O–H groups in total. The maximum atomic E-state index is 12.3. The smallest absolute Gasteiger partial charge is 0.220 e. The van der Waals surface area contributed by atoms with Crippen LogP contribution in [0.2, 0.25) is 0 Å². The Balaban J connectivity index is 1.53. The van der Waals surface area contributed by atoms with E-state index in [0.717, 1.165) is 12.8 Å². The van der Waals surface area contributed by atoms with E-state index in [9.17, 15) is 4.79 Å². The summed E-state index contributed by atoms with van der Waals surface area (Å²) in [5.41, 5.74) is 6.76. The third-order valence-corrected chi connectivity index (χ3v) is 5.32. The van der Waals surface area contributed by atoms with Crippen molar-refractivity contribution >= 4 is 5.91 Å². The lowest BCUT2D eigenvalue weighted by atomic mass is 9.89. The number of carbonyl (C=O) groups excluding carboxylic acids is 1. The standard InChI is InChI=1S/C23H29NO/c1-3-18-8-10-19(11-9-18)12-15-23(25)24-17(2)21-14-13-20-6-4-5-7-22(20)16-21/h8-11,13-14,16-17H,3-7,12,15H2,1-2H3,(H,24,25)/t17-/m1/s1. The van der Waals surface area contributed by atoms with Gasteiger partial charge in [0.15, 0.2) is 0 Å². The molecule has 0 saturated carbocycles. The van der Waals surface area contributed by atoms with Crippen LogP contribution in [0.3, 0.4) is 0 Å². The van der Waals surface area contributed by atoms with Crippen LogP contribution in [0.5, 0.6) is 0 Å². The number of fused-ring (bicyclic) bond motifs is 1. The number of aryl methyl sites for hydroxylation is 4. The normalized spacial score (nSPS) is 14.6. The fourth-order valence-corrected chi connectivity index (χ4v) is 3.62. The molecule has 0 heterocycles. The highest BCUT2D eigenvalue weighted by molar-refractivity contribution is 5.76. The number of nitrogens with one attached hydrogen (secondary N) is 1. The Hall–Kier alpha value is -2.09. The molecule has 132 valence electrons. The molecule has 0 fully saturated rings. The summed E-state index contributed by atoms with van der Waals surface area (Å²) in [6, 6.07) is 15.4. The molecule has 0 aromatic heterocycles. The van der Waals surface area contributed by atoms with Crippen LogP contribution in [0.15, 0.2) is 42.5 Å². The highest BCUT2D eigenvalue weighted by Crippen LogP contribution is 2.24. The monoisotopic (exact) mass is 335 g/mol. The Labute approximate surface area is 151 Å². The first-order valence-corrected chi connectivity index (χ1v) is 9.64. The summed E-state index contributed by atoms with van der Waals surface area (Å²) >= 11 is 0. The average molecular weight is 335 g/mol. The van der Waals surface area contributed by atoms with Crippen molar-refractivity contribution in [2.45, 2.75) is 64.8 Å². The summed E-state index contributed by atoms with van der Waals surface area (Å²) in [6.07, 6.45) is 7.36. The minimum absolute atomic E-state index is 0.0715. The van der Waals surface area contributed by atoms with Gasteiger partial charge in [0.05, 0.1) is 6.04 Å². The van der Waals surface area contributed by atoms with Crippen molar-refractivity contribution in [3.05, 3.63) is 70.3 Å². The highest BCUT2D eigenvalue weighted by Gasteiger charge is 2.14. The van der Waals surface area contributed by atoms with Crippen LogP contribution in [-0.2, 0) is 30.5 Å². The van der Waals surface area contributed by atoms with Crippen LogP contribution in [0.1, 0.15) is 67.0 Å². The van der Waals surface area contributed by atoms with Crippen molar-refractivity contribution in [1.29, 1.82) is 0 Å². The van der Waals surface area contributed by atoms with Crippen LogP contribution in [0.25, 0.3) is 0 Å². The molecule has 3 rings (SSSR count). The number of hydrogen-bond acceptors (Lipinski definition) is 1. The second kappa shape index (κ2) is 8.33. The van der Waals surface area contributed by atoms with E-state index in [0.29, 0.717) is 6.42 Å². The summed E-state index contributed by atoms with van der Waals surface area (Å²) in [5, 5.41) is 3.16. The van der Waals surface area contributed by atoms with Crippen LogP contribution >= 0.6 is 0 Å². The first-order valence-electron chi connectivity index (χ1n) is 9.64. The average Bonchev–Trinajstić information content (AvgIpc) is 2.66. The van der Waals surface area contributed by atoms with E-state index in [1.807, 2.05) is 0 Å². The summed E-state index contributed by atoms with van der Waals surface area (Å²) in [4.78, 5) is 12.3. The van der Waals surface area contributed by atoms with Crippen LogP contribution in [0, 0.1) is 0 Å². The predicted octanol–water partition coefficient (Wildman–Crippen LogP) is 4.94. The first kappa shape index (κ1) is 17.7. The summed E-state index contributed by atoms with van der Waals surface area (Å²) in [6.45, 7) is 4.24. The SMILES string of the molecule is CCc1ccc(CCC(=O)N[C@H](C)c2ccc3c(c2)CCCC3)cc1. The zero-order valence-electron chi connectivity index (χ0n) is 15.5. The molecule has 1 aliphatic rings. The van der Waals surface area contributed by atoms with Gasteiger partial charge < -0.3 is 5.32 Å². The van der Waals surface area contributed by atoms with E-state index in [2.05, 4.69) is 61.6 Å². The Morgan fingerprint density at radius 1 is 1.00 bits per heavy atom. The van der Waals surface area contributed by atoms with E-state index < -0.39 is 0 Å². The Kier molecular flexibility index (Phi) is 5.91. The topological polar surface area (TPSA) is 29.1 Å². The maximum absolute atomic E-state index is 12.3. The first-order chi connectivity index (χ1) is 12.2. The molecule has 0 aliphatic heterocycles. The van der Waals surface area contributed by atoms with E-state index in [-0.39, 0.29) is 11.9 Å². The quantitative estimate of drug-likeness (QED) is 0.796. The van der Waals surface area contributed by atoms with Gasteiger partial charge in [0.1, 0.15) is 0 Å². The molecule has 1 atom stereocenters. The van der Waals surface area contributed by atoms with Crippen LogP contribution in [-0.4, -0.2) is 5.91 Å². The molecule has 0 unspecified atom stereocenters. The molecule has 0 bridgehead atoms. The van der Waals surface area contributed by atoms with Gasteiger partial charge in [0.25, 0.3) is 0 Å². The molecule has 1 amide bonds. The van der Waals surface area contributed by atoms with Crippen LogP contribution in [0.4, 0.5) is 0 Å². The van der Waals surface area contributed by atoms with Crippen molar-refractivity contribution < 1.29 is 4.79 Å². The Bertz CT molecular complexity index is 717. The van der Waals surface area contributed by atoms with Gasteiger partial charge in [0, 0.05) is 6.42 Å². The lowest BCUT2D eigenvalue weighted by Gasteiger charge is -2.20. The van der Waals surface area contributed by atoms with Gasteiger partial charge in [-0.2, -0.15) is 0 Å². The van der Waals surface area contributed by atoms with Crippen molar-refractivity contribution in [3.63, 3.8) is 0 Å². The molecule has 2 nitrogen and oxygen atoms in total. The number of amides is 1. The van der Waals surface area contributed by atoms with Gasteiger partial charge in [-0.3, -0.25) is 4.79 Å². The van der Waals surface area contributed by atoms with Gasteiger partial charge in [-0.15, -0.1) is 0 Å². The lowest BCUT2D eigenvalue weighted by molar-refractivity contribution is -0.121. The second-order valence-electron chi connectivity index (χ2n) is 7.19. The van der Waals surface area contributed by atoms with Gasteiger partial charge in [-0.25, -0.2) is 0 Å². The molecule has 0 spiro atoms. The Morgan fingerprint density at radius 2 is 1.68 bits per heavy atom. The molecule has 2 heteroatoms. The summed E-state index contributed by atoms with van der Waals surface area (Å²) < 4.78 is 0. The molecule has 25 heavy (non-hydrogen) atoms. The van der Waals surface area contributed by atoms with Crippen molar-refractivity contribution in [2.75, 3.05) is 0 Å². The fourth-order valence-electron chi connectivity index (χ4n) is 3.62. The van der Waals surface area contributed by atoms with Gasteiger partial charge >= 0.3 is 0 Å². The van der Waals surface area contributed by atoms with Crippen molar-refractivity contribution in [3.8, 4) is 0 Å². The number of carbonyl (C=O) groups is 1. The van der Waals surface area contributed by atoms with E-state index in [4.69, 9.17) is 0 Å². The fraction of sp³-hybridized carbons (Fsp3) is 0.435. The third-order valence-electron chi connectivity index (χ3n) is 5.32. The van der Waals surface area contributed by atoms with Gasteiger partial charge in [0.2, 0.25) is 5.91 Å². The van der Waals surface area contributed by atoms with E-state index >= 15 is 0 Å². The third kappa shape index (κ3) is 4.72.